The van der Waals surface area contributed by atoms with Crippen molar-refractivity contribution in [2.24, 2.45) is 5.73 Å². The second-order valence-corrected chi connectivity index (χ2v) is 5.92. The number of rotatable bonds is 5. The Hall–Kier alpha value is -3.88. The Bertz CT molecular complexity index is 1120. The number of fused-ring (bicyclic) bond motifs is 1. The van der Waals surface area contributed by atoms with Crippen LogP contribution in [-0.4, -0.2) is 36.1 Å². The van der Waals surface area contributed by atoms with E-state index in [4.69, 9.17) is 5.73 Å². The van der Waals surface area contributed by atoms with Gasteiger partial charge in [-0.3, -0.25) is 4.79 Å². The van der Waals surface area contributed by atoms with Crippen LogP contribution in [0.15, 0.2) is 48.5 Å². The van der Waals surface area contributed by atoms with E-state index in [1.807, 2.05) is 37.3 Å². The molecule has 2 heterocycles. The topological polar surface area (TPSA) is 125 Å². The van der Waals surface area contributed by atoms with E-state index in [1.165, 1.54) is 4.68 Å². The zero-order valence-electron chi connectivity index (χ0n) is 14.5. The molecular formula is C18H16N8O. The van der Waals surface area contributed by atoms with E-state index in [0.717, 1.165) is 5.56 Å². The van der Waals surface area contributed by atoms with Gasteiger partial charge in [0.1, 0.15) is 11.2 Å². The molecule has 0 bridgehead atoms. The number of nitrogens with zero attached hydrogens (tertiary/aromatic N) is 6. The Morgan fingerprint density at radius 2 is 1.89 bits per heavy atom. The fourth-order valence-electron chi connectivity index (χ4n) is 2.70. The highest BCUT2D eigenvalue weighted by Gasteiger charge is 2.16. The van der Waals surface area contributed by atoms with Gasteiger partial charge in [-0.25, -0.2) is 0 Å². The van der Waals surface area contributed by atoms with E-state index in [9.17, 15) is 4.79 Å². The Labute approximate surface area is 154 Å². The van der Waals surface area contributed by atoms with Crippen LogP contribution >= 0.6 is 0 Å². The van der Waals surface area contributed by atoms with Crippen molar-refractivity contribution in [3.63, 3.8) is 0 Å². The van der Waals surface area contributed by atoms with E-state index in [1.54, 1.807) is 18.2 Å². The van der Waals surface area contributed by atoms with Crippen molar-refractivity contribution in [2.75, 3.05) is 5.32 Å². The standard InChI is InChI=1S/C18H16N8O/c1-11-17(20-10-12-6-3-2-4-7-12)21-18(24-22-11)26-14-9-5-8-13(16(19)27)15(14)23-25-26/h2-9H,10H2,1H3,(H2,19,27)(H,20,21,24). The van der Waals surface area contributed by atoms with Crippen molar-refractivity contribution < 1.29 is 4.79 Å². The molecule has 0 spiro atoms. The molecule has 0 radical (unpaired) electrons. The maximum absolute atomic E-state index is 11.6. The number of hydrogen-bond acceptors (Lipinski definition) is 7. The number of nitrogens with one attached hydrogen (secondary N) is 1. The van der Waals surface area contributed by atoms with E-state index in [0.29, 0.717) is 34.7 Å². The fourth-order valence-corrected chi connectivity index (χ4v) is 2.70. The summed E-state index contributed by atoms with van der Waals surface area (Å²) in [5, 5.41) is 19.6. The highest BCUT2D eigenvalue weighted by molar-refractivity contribution is 6.03. The van der Waals surface area contributed by atoms with Crippen LogP contribution in [0, 0.1) is 6.92 Å². The van der Waals surface area contributed by atoms with Gasteiger partial charge in [-0.2, -0.15) is 9.67 Å². The van der Waals surface area contributed by atoms with Crippen LogP contribution in [0.5, 0.6) is 0 Å². The number of carbonyl (C=O) groups is 1. The van der Waals surface area contributed by atoms with Crippen LogP contribution in [0.3, 0.4) is 0 Å². The van der Waals surface area contributed by atoms with Gasteiger partial charge in [-0.1, -0.05) is 41.6 Å². The zero-order chi connectivity index (χ0) is 18.8. The molecule has 4 rings (SSSR count). The molecule has 2 aromatic heterocycles. The number of primary amides is 1. The molecule has 27 heavy (non-hydrogen) atoms. The summed E-state index contributed by atoms with van der Waals surface area (Å²) in [6, 6.07) is 15.0. The number of aromatic nitrogens is 6. The Balaban J connectivity index is 1.70. The first kappa shape index (κ1) is 16.6. The Morgan fingerprint density at radius 3 is 2.67 bits per heavy atom. The van der Waals surface area contributed by atoms with Crippen molar-refractivity contribution >= 4 is 22.8 Å². The van der Waals surface area contributed by atoms with Crippen LogP contribution in [-0.2, 0) is 6.54 Å². The lowest BCUT2D eigenvalue weighted by molar-refractivity contribution is 0.100. The summed E-state index contributed by atoms with van der Waals surface area (Å²) in [6.45, 7) is 2.42. The molecule has 9 nitrogen and oxygen atoms in total. The summed E-state index contributed by atoms with van der Waals surface area (Å²) in [6.07, 6.45) is 0. The third-order valence-electron chi connectivity index (χ3n) is 4.08. The SMILES string of the molecule is Cc1nnc(-n2nnc3c(C(N)=O)cccc32)nc1NCc1ccccc1. The van der Waals surface area contributed by atoms with Crippen LogP contribution in [0.4, 0.5) is 5.82 Å². The number of hydrogen-bond donors (Lipinski definition) is 2. The van der Waals surface area contributed by atoms with Crippen molar-refractivity contribution in [3.05, 3.63) is 65.4 Å². The molecule has 3 N–H and O–H groups in total. The first-order valence-corrected chi connectivity index (χ1v) is 8.27. The molecule has 1 amide bonds. The lowest BCUT2D eigenvalue weighted by Gasteiger charge is -2.09. The minimum Gasteiger partial charge on any atom is -0.366 e. The van der Waals surface area contributed by atoms with Gasteiger partial charge in [0.2, 0.25) is 0 Å². The van der Waals surface area contributed by atoms with E-state index in [2.05, 4.69) is 30.8 Å². The lowest BCUT2D eigenvalue weighted by Crippen LogP contribution is -2.12. The van der Waals surface area contributed by atoms with Gasteiger partial charge in [0.05, 0.1) is 11.1 Å². The molecule has 0 atom stereocenters. The van der Waals surface area contributed by atoms with Gasteiger partial charge in [-0.05, 0) is 24.6 Å². The maximum atomic E-state index is 11.6. The first-order chi connectivity index (χ1) is 13.1. The predicted octanol–water partition coefficient (Wildman–Crippen LogP) is 1.62. The largest absolute Gasteiger partial charge is 0.366 e. The molecule has 0 aliphatic carbocycles. The van der Waals surface area contributed by atoms with Gasteiger partial charge in [-0.15, -0.1) is 15.3 Å². The molecular weight excluding hydrogens is 344 g/mol. The minimum atomic E-state index is -0.569. The maximum Gasteiger partial charge on any atom is 0.274 e. The molecule has 9 heteroatoms. The number of carbonyl (C=O) groups excluding carboxylic acids is 1. The molecule has 0 aliphatic rings. The summed E-state index contributed by atoms with van der Waals surface area (Å²) >= 11 is 0. The molecule has 0 saturated carbocycles. The highest BCUT2D eigenvalue weighted by atomic mass is 16.1. The van der Waals surface area contributed by atoms with E-state index in [-0.39, 0.29) is 5.95 Å². The number of nitrogens with two attached hydrogens (primary N) is 1. The zero-order valence-corrected chi connectivity index (χ0v) is 14.5. The van der Waals surface area contributed by atoms with Crippen molar-refractivity contribution in [1.29, 1.82) is 0 Å². The number of aryl methyl sites for hydroxylation is 1. The van der Waals surface area contributed by atoms with E-state index >= 15 is 0 Å². The smallest absolute Gasteiger partial charge is 0.274 e. The molecule has 2 aromatic carbocycles. The van der Waals surface area contributed by atoms with Crippen molar-refractivity contribution in [1.82, 2.24) is 30.2 Å². The monoisotopic (exact) mass is 360 g/mol. The van der Waals surface area contributed by atoms with Crippen LogP contribution in [0.25, 0.3) is 17.0 Å². The second-order valence-electron chi connectivity index (χ2n) is 5.92. The third-order valence-corrected chi connectivity index (χ3v) is 4.08. The summed E-state index contributed by atoms with van der Waals surface area (Å²) in [7, 11) is 0. The minimum absolute atomic E-state index is 0.250. The van der Waals surface area contributed by atoms with Crippen LogP contribution in [0.2, 0.25) is 0 Å². The lowest BCUT2D eigenvalue weighted by atomic mass is 10.2. The summed E-state index contributed by atoms with van der Waals surface area (Å²) in [5.41, 5.74) is 8.44. The molecule has 134 valence electrons. The van der Waals surface area contributed by atoms with E-state index < -0.39 is 5.91 Å². The highest BCUT2D eigenvalue weighted by Crippen LogP contribution is 2.19. The average molecular weight is 360 g/mol. The van der Waals surface area contributed by atoms with Gasteiger partial charge >= 0.3 is 0 Å². The Kier molecular flexibility index (Phi) is 4.17. The molecule has 0 saturated heterocycles. The average Bonchev–Trinajstić information content (AvgIpc) is 3.12. The van der Waals surface area contributed by atoms with Gasteiger partial charge in [0, 0.05) is 6.54 Å². The first-order valence-electron chi connectivity index (χ1n) is 8.27. The predicted molar refractivity (Wildman–Crippen MR) is 99.3 cm³/mol. The number of anilines is 1. The number of amides is 1. The summed E-state index contributed by atoms with van der Waals surface area (Å²) in [5.74, 6) is 0.277. The second kappa shape index (κ2) is 6.79. The normalized spacial score (nSPS) is 10.9. The van der Waals surface area contributed by atoms with Gasteiger partial charge in [0.15, 0.2) is 5.82 Å². The van der Waals surface area contributed by atoms with Gasteiger partial charge < -0.3 is 11.1 Å². The van der Waals surface area contributed by atoms with Gasteiger partial charge in [0.25, 0.3) is 11.9 Å². The molecule has 0 fully saturated rings. The quantitative estimate of drug-likeness (QED) is 0.554. The molecule has 4 aromatic rings. The van der Waals surface area contributed by atoms with Crippen molar-refractivity contribution in [3.8, 4) is 5.95 Å². The summed E-state index contributed by atoms with van der Waals surface area (Å²) < 4.78 is 1.43. The third kappa shape index (κ3) is 3.17. The Morgan fingerprint density at radius 1 is 1.07 bits per heavy atom. The molecule has 0 unspecified atom stereocenters. The fraction of sp³-hybridized carbons (Fsp3) is 0.111. The van der Waals surface area contributed by atoms with Crippen LogP contribution in [0.1, 0.15) is 21.6 Å². The van der Waals surface area contributed by atoms with Crippen LogP contribution < -0.4 is 11.1 Å². The number of benzene rings is 2. The summed E-state index contributed by atoms with van der Waals surface area (Å²) in [4.78, 5) is 16.1. The molecule has 0 aliphatic heterocycles. The van der Waals surface area contributed by atoms with Crippen molar-refractivity contribution in [2.45, 2.75) is 13.5 Å².